The van der Waals surface area contributed by atoms with Crippen LogP contribution in [0, 0.1) is 0 Å². The average Bonchev–Trinajstić information content (AvgIpc) is 2.40. The minimum Gasteiger partial charge on any atom is -0.480 e. The molecule has 6 heteroatoms. The molecule has 0 saturated carbocycles. The van der Waals surface area contributed by atoms with Gasteiger partial charge in [-0.25, -0.2) is 0 Å². The standard InChI is InChI=1S/C15H12BrCl2NO2/c16-11-5-4-10(14(18)6-11)8-19(9-15(20)21)13-3-1-2-12(17)7-13/h1-7H,8-9H2,(H,20,21). The summed E-state index contributed by atoms with van der Waals surface area (Å²) in [6.07, 6.45) is 0. The summed E-state index contributed by atoms with van der Waals surface area (Å²) < 4.78 is 0.879. The van der Waals surface area contributed by atoms with E-state index in [2.05, 4.69) is 15.9 Å². The molecule has 0 heterocycles. The van der Waals surface area contributed by atoms with E-state index in [4.69, 9.17) is 28.3 Å². The van der Waals surface area contributed by atoms with Gasteiger partial charge in [-0.3, -0.25) is 4.79 Å². The first kappa shape index (κ1) is 16.1. The predicted molar refractivity (Wildman–Crippen MR) is 89.3 cm³/mol. The van der Waals surface area contributed by atoms with Gasteiger partial charge in [0.15, 0.2) is 0 Å². The van der Waals surface area contributed by atoms with Gasteiger partial charge in [0.25, 0.3) is 0 Å². The molecule has 0 amide bonds. The van der Waals surface area contributed by atoms with Gasteiger partial charge >= 0.3 is 5.97 Å². The molecule has 0 atom stereocenters. The SMILES string of the molecule is O=C(O)CN(Cc1ccc(Br)cc1Cl)c1cccc(Cl)c1. The molecule has 0 aliphatic rings. The Hall–Kier alpha value is -1.23. The van der Waals surface area contributed by atoms with Crippen molar-refractivity contribution in [3.8, 4) is 0 Å². The van der Waals surface area contributed by atoms with Gasteiger partial charge in [-0.15, -0.1) is 0 Å². The monoisotopic (exact) mass is 387 g/mol. The predicted octanol–water partition coefficient (Wildman–Crippen LogP) is 4.85. The Bertz CT molecular complexity index is 664. The van der Waals surface area contributed by atoms with Crippen LogP contribution >= 0.6 is 39.1 Å². The van der Waals surface area contributed by atoms with Gasteiger partial charge < -0.3 is 10.0 Å². The highest BCUT2D eigenvalue weighted by atomic mass is 79.9. The molecular formula is C15H12BrCl2NO2. The van der Waals surface area contributed by atoms with Crippen LogP contribution in [0.15, 0.2) is 46.9 Å². The fourth-order valence-corrected chi connectivity index (χ4v) is 2.85. The Morgan fingerprint density at radius 2 is 1.95 bits per heavy atom. The largest absolute Gasteiger partial charge is 0.480 e. The van der Waals surface area contributed by atoms with E-state index in [9.17, 15) is 4.79 Å². The molecular weight excluding hydrogens is 377 g/mol. The summed E-state index contributed by atoms with van der Waals surface area (Å²) in [4.78, 5) is 12.8. The van der Waals surface area contributed by atoms with Crippen LogP contribution in [-0.4, -0.2) is 17.6 Å². The number of halogens is 3. The van der Waals surface area contributed by atoms with Crippen LogP contribution in [0.1, 0.15) is 5.56 Å². The number of carboxylic acid groups (broad SMARTS) is 1. The topological polar surface area (TPSA) is 40.5 Å². The van der Waals surface area contributed by atoms with E-state index < -0.39 is 5.97 Å². The summed E-state index contributed by atoms with van der Waals surface area (Å²) >= 11 is 15.5. The second kappa shape index (κ2) is 7.16. The second-order valence-corrected chi connectivity index (χ2v) is 6.22. The minimum absolute atomic E-state index is 0.132. The van der Waals surface area contributed by atoms with Crippen molar-refractivity contribution in [2.45, 2.75) is 6.54 Å². The zero-order valence-electron chi connectivity index (χ0n) is 10.9. The molecule has 0 aliphatic carbocycles. The average molecular weight is 389 g/mol. The molecule has 0 aliphatic heterocycles. The van der Waals surface area contributed by atoms with Crippen molar-refractivity contribution < 1.29 is 9.90 Å². The molecule has 0 fully saturated rings. The maximum absolute atomic E-state index is 11.1. The lowest BCUT2D eigenvalue weighted by Crippen LogP contribution is -2.29. The number of carboxylic acids is 1. The van der Waals surface area contributed by atoms with Crippen molar-refractivity contribution in [2.75, 3.05) is 11.4 Å². The third kappa shape index (κ3) is 4.63. The van der Waals surface area contributed by atoms with Crippen molar-refractivity contribution in [1.82, 2.24) is 0 Å². The maximum Gasteiger partial charge on any atom is 0.323 e. The quantitative estimate of drug-likeness (QED) is 0.795. The van der Waals surface area contributed by atoms with Gasteiger partial charge in [0.05, 0.1) is 0 Å². The number of carbonyl (C=O) groups is 1. The van der Waals surface area contributed by atoms with E-state index in [1.165, 1.54) is 0 Å². The van der Waals surface area contributed by atoms with Gasteiger partial charge in [-0.1, -0.05) is 51.3 Å². The van der Waals surface area contributed by atoms with Crippen LogP contribution in [0.25, 0.3) is 0 Å². The van der Waals surface area contributed by atoms with Crippen molar-refractivity contribution >= 4 is 50.8 Å². The van der Waals surface area contributed by atoms with Crippen LogP contribution < -0.4 is 4.90 Å². The number of rotatable bonds is 5. The van der Waals surface area contributed by atoms with Crippen LogP contribution in [0.3, 0.4) is 0 Å². The van der Waals surface area contributed by atoms with E-state index in [0.29, 0.717) is 16.6 Å². The third-order valence-electron chi connectivity index (χ3n) is 2.88. The first-order valence-corrected chi connectivity index (χ1v) is 7.67. The van der Waals surface area contributed by atoms with Gasteiger partial charge in [0.1, 0.15) is 6.54 Å². The Balaban J connectivity index is 2.30. The third-order valence-corrected chi connectivity index (χ3v) is 3.96. The highest BCUT2D eigenvalue weighted by Crippen LogP contribution is 2.26. The number of anilines is 1. The Labute approximate surface area is 141 Å². The Kier molecular flexibility index (Phi) is 5.51. The van der Waals surface area contributed by atoms with E-state index in [0.717, 1.165) is 15.7 Å². The number of nitrogens with zero attached hydrogens (tertiary/aromatic N) is 1. The van der Waals surface area contributed by atoms with Crippen molar-refractivity contribution in [3.05, 3.63) is 62.5 Å². The first-order chi connectivity index (χ1) is 9.95. The van der Waals surface area contributed by atoms with Gasteiger partial charge in [-0.05, 0) is 35.9 Å². The summed E-state index contributed by atoms with van der Waals surface area (Å²) in [7, 11) is 0. The van der Waals surface area contributed by atoms with E-state index >= 15 is 0 Å². The number of benzene rings is 2. The van der Waals surface area contributed by atoms with Crippen LogP contribution in [0.5, 0.6) is 0 Å². The van der Waals surface area contributed by atoms with Gasteiger partial charge in [-0.2, -0.15) is 0 Å². The molecule has 2 aromatic rings. The Morgan fingerprint density at radius 3 is 2.57 bits per heavy atom. The fraction of sp³-hybridized carbons (Fsp3) is 0.133. The summed E-state index contributed by atoms with van der Waals surface area (Å²) in [5, 5.41) is 10.2. The minimum atomic E-state index is -0.914. The summed E-state index contributed by atoms with van der Waals surface area (Å²) in [5.41, 5.74) is 1.59. The van der Waals surface area contributed by atoms with E-state index in [1.807, 2.05) is 18.2 Å². The number of aliphatic carboxylic acids is 1. The van der Waals surface area contributed by atoms with Crippen molar-refractivity contribution in [3.63, 3.8) is 0 Å². The lowest BCUT2D eigenvalue weighted by atomic mass is 10.2. The summed E-state index contributed by atoms with van der Waals surface area (Å²) in [6.45, 7) is 0.255. The molecule has 3 nitrogen and oxygen atoms in total. The molecule has 0 radical (unpaired) electrons. The first-order valence-electron chi connectivity index (χ1n) is 6.12. The highest BCUT2D eigenvalue weighted by molar-refractivity contribution is 9.10. The molecule has 21 heavy (non-hydrogen) atoms. The zero-order valence-corrected chi connectivity index (χ0v) is 14.0. The molecule has 1 N–H and O–H groups in total. The molecule has 0 saturated heterocycles. The van der Waals surface area contributed by atoms with Gasteiger partial charge in [0.2, 0.25) is 0 Å². The van der Waals surface area contributed by atoms with E-state index in [1.54, 1.807) is 29.2 Å². The molecule has 0 spiro atoms. The van der Waals surface area contributed by atoms with Crippen LogP contribution in [-0.2, 0) is 11.3 Å². The summed E-state index contributed by atoms with van der Waals surface area (Å²) in [5.74, 6) is -0.914. The molecule has 0 bridgehead atoms. The number of hydrogen-bond donors (Lipinski definition) is 1. The fourth-order valence-electron chi connectivity index (χ4n) is 1.93. The molecule has 2 rings (SSSR count). The summed E-state index contributed by atoms with van der Waals surface area (Å²) in [6, 6.07) is 12.6. The number of hydrogen-bond acceptors (Lipinski definition) is 2. The Morgan fingerprint density at radius 1 is 1.19 bits per heavy atom. The lowest BCUT2D eigenvalue weighted by Gasteiger charge is -2.23. The smallest absolute Gasteiger partial charge is 0.323 e. The lowest BCUT2D eigenvalue weighted by molar-refractivity contribution is -0.135. The van der Waals surface area contributed by atoms with Crippen molar-refractivity contribution in [1.29, 1.82) is 0 Å². The molecule has 110 valence electrons. The van der Waals surface area contributed by atoms with Crippen molar-refractivity contribution in [2.24, 2.45) is 0 Å². The van der Waals surface area contributed by atoms with Gasteiger partial charge in [0, 0.05) is 26.8 Å². The van der Waals surface area contributed by atoms with Crippen LogP contribution in [0.2, 0.25) is 10.0 Å². The van der Waals surface area contributed by atoms with Crippen LogP contribution in [0.4, 0.5) is 5.69 Å². The highest BCUT2D eigenvalue weighted by Gasteiger charge is 2.13. The second-order valence-electron chi connectivity index (χ2n) is 4.47. The normalized spacial score (nSPS) is 10.4. The maximum atomic E-state index is 11.1. The van der Waals surface area contributed by atoms with E-state index in [-0.39, 0.29) is 6.54 Å². The molecule has 2 aromatic carbocycles. The molecule has 0 aromatic heterocycles. The molecule has 0 unspecified atom stereocenters. The zero-order chi connectivity index (χ0) is 15.4.